The predicted molar refractivity (Wildman–Crippen MR) is 56.3 cm³/mol. The highest BCUT2D eigenvalue weighted by molar-refractivity contribution is 8.04. The Kier molecular flexibility index (Phi) is 2.33. The van der Waals surface area contributed by atoms with Gasteiger partial charge in [0.2, 0.25) is 0 Å². The lowest BCUT2D eigenvalue weighted by atomic mass is 10.00. The van der Waals surface area contributed by atoms with Gasteiger partial charge in [0.25, 0.3) is 0 Å². The Morgan fingerprint density at radius 3 is 2.83 bits per heavy atom. The molecule has 1 aliphatic heterocycles. The lowest BCUT2D eigenvalue weighted by Gasteiger charge is -2.14. The van der Waals surface area contributed by atoms with Crippen molar-refractivity contribution in [3.05, 3.63) is 34.2 Å². The largest absolute Gasteiger partial charge is 0.121 e. The number of hydrogen-bond acceptors (Lipinski definition) is 1. The average molecular weight is 199 g/mol. The molecule has 1 heterocycles. The van der Waals surface area contributed by atoms with Gasteiger partial charge >= 0.3 is 0 Å². The first-order valence-electron chi connectivity index (χ1n) is 4.23. The second-order valence-corrected chi connectivity index (χ2v) is 4.68. The summed E-state index contributed by atoms with van der Waals surface area (Å²) in [5.74, 6) is 0.455. The monoisotopic (exact) mass is 198 g/mol. The Morgan fingerprint density at radius 1 is 1.42 bits per heavy atom. The molecule has 1 aliphatic carbocycles. The van der Waals surface area contributed by atoms with Crippen LogP contribution in [0.2, 0.25) is 0 Å². The molecule has 0 saturated heterocycles. The van der Waals surface area contributed by atoms with Gasteiger partial charge in [-0.25, -0.2) is 0 Å². The summed E-state index contributed by atoms with van der Waals surface area (Å²) in [5.41, 5.74) is 0. The quantitative estimate of drug-likeness (QED) is 0.619. The second-order valence-electron chi connectivity index (χ2n) is 3.00. The predicted octanol–water partition coefficient (Wildman–Crippen LogP) is 3.70. The Labute approximate surface area is 82.4 Å². The minimum absolute atomic E-state index is 0.455. The molecular weight excluding hydrogens is 188 g/mol. The fourth-order valence-corrected chi connectivity index (χ4v) is 3.42. The summed E-state index contributed by atoms with van der Waals surface area (Å²) in [6, 6.07) is 0. The fourth-order valence-electron chi connectivity index (χ4n) is 1.59. The maximum atomic E-state index is 6.23. The number of rotatable bonds is 1. The third-order valence-corrected chi connectivity index (χ3v) is 4.35. The Balaban J connectivity index is 2.27. The highest BCUT2D eigenvalue weighted by Gasteiger charge is 2.31. The van der Waals surface area contributed by atoms with Gasteiger partial charge in [0.1, 0.15) is 0 Å². The van der Waals surface area contributed by atoms with E-state index in [4.69, 9.17) is 11.6 Å². The van der Waals surface area contributed by atoms with Gasteiger partial charge in [-0.05, 0) is 6.42 Å². The third kappa shape index (κ3) is 1.25. The van der Waals surface area contributed by atoms with Gasteiger partial charge in [0.05, 0.1) is 0 Å². The zero-order valence-corrected chi connectivity index (χ0v) is 8.53. The number of hydrogen-bond donors (Lipinski definition) is 0. The van der Waals surface area contributed by atoms with Crippen LogP contribution in [-0.4, -0.2) is 5.25 Å². The Morgan fingerprint density at radius 2 is 2.17 bits per heavy atom. The van der Waals surface area contributed by atoms with Gasteiger partial charge in [-0.3, -0.25) is 0 Å². The smallest absolute Gasteiger partial charge is 0.0387 e. The first-order valence-corrected chi connectivity index (χ1v) is 5.49. The van der Waals surface area contributed by atoms with Gasteiger partial charge in [-0.2, -0.15) is 0 Å². The van der Waals surface area contributed by atoms with Crippen LogP contribution >= 0.6 is 23.4 Å². The van der Waals surface area contributed by atoms with E-state index in [1.165, 1.54) is 4.91 Å². The number of fused-ring (bicyclic) bond motifs is 1. The highest BCUT2D eigenvalue weighted by Crippen LogP contribution is 2.47. The van der Waals surface area contributed by atoms with E-state index >= 15 is 0 Å². The summed E-state index contributed by atoms with van der Waals surface area (Å²) in [6.45, 7) is 2.16. The van der Waals surface area contributed by atoms with E-state index in [0.29, 0.717) is 11.2 Å². The normalized spacial score (nSPS) is 32.8. The van der Waals surface area contributed by atoms with Crippen LogP contribution in [0.3, 0.4) is 0 Å². The maximum Gasteiger partial charge on any atom is 0.0387 e. The molecule has 12 heavy (non-hydrogen) atoms. The lowest BCUT2D eigenvalue weighted by molar-refractivity contribution is 0.836. The zero-order chi connectivity index (χ0) is 8.55. The fraction of sp³-hybridized carbons (Fsp3) is 0.400. The van der Waals surface area contributed by atoms with Crippen LogP contribution in [0, 0.1) is 5.92 Å². The molecule has 0 nitrogen and oxygen atoms in total. The van der Waals surface area contributed by atoms with Crippen molar-refractivity contribution in [2.24, 2.45) is 5.92 Å². The summed E-state index contributed by atoms with van der Waals surface area (Å²) < 4.78 is 0. The van der Waals surface area contributed by atoms with Crippen molar-refractivity contribution in [1.29, 1.82) is 0 Å². The van der Waals surface area contributed by atoms with Crippen LogP contribution in [0.1, 0.15) is 13.3 Å². The molecule has 0 radical (unpaired) electrons. The molecule has 2 rings (SSSR count). The van der Waals surface area contributed by atoms with Gasteiger partial charge in [0.15, 0.2) is 0 Å². The third-order valence-electron chi connectivity index (χ3n) is 2.24. The van der Waals surface area contributed by atoms with Gasteiger partial charge in [0, 0.05) is 21.1 Å². The van der Waals surface area contributed by atoms with Crippen molar-refractivity contribution in [3.63, 3.8) is 0 Å². The van der Waals surface area contributed by atoms with Crippen molar-refractivity contribution in [2.45, 2.75) is 18.6 Å². The van der Waals surface area contributed by atoms with Crippen LogP contribution in [0.15, 0.2) is 34.2 Å². The minimum atomic E-state index is 0.455. The molecule has 2 heteroatoms. The van der Waals surface area contributed by atoms with Crippen LogP contribution < -0.4 is 0 Å². The SMILES string of the molecule is CCC1=C(Cl)C2C=CC=CC2S1. The Hall–Kier alpha value is -0.140. The topological polar surface area (TPSA) is 0 Å². The molecule has 0 saturated carbocycles. The lowest BCUT2D eigenvalue weighted by Crippen LogP contribution is -2.09. The van der Waals surface area contributed by atoms with E-state index in [2.05, 4.69) is 31.2 Å². The van der Waals surface area contributed by atoms with Crippen LogP contribution in [-0.2, 0) is 0 Å². The summed E-state index contributed by atoms with van der Waals surface area (Å²) >= 11 is 8.14. The summed E-state index contributed by atoms with van der Waals surface area (Å²) in [6.07, 6.45) is 9.70. The first-order chi connectivity index (χ1) is 5.83. The number of halogens is 1. The minimum Gasteiger partial charge on any atom is -0.121 e. The molecule has 2 atom stereocenters. The van der Waals surface area contributed by atoms with Crippen molar-refractivity contribution in [3.8, 4) is 0 Å². The molecular formula is C10H11ClS. The molecule has 64 valence electrons. The van der Waals surface area contributed by atoms with E-state index < -0.39 is 0 Å². The van der Waals surface area contributed by atoms with E-state index in [1.54, 1.807) is 0 Å². The second kappa shape index (κ2) is 3.31. The standard InChI is InChI=1S/C10H11ClS/c1-2-8-10(11)7-5-3-4-6-9(7)12-8/h3-7,9H,2H2,1H3. The van der Waals surface area contributed by atoms with E-state index in [-0.39, 0.29) is 0 Å². The number of allylic oxidation sites excluding steroid dienone is 5. The molecule has 0 aromatic heterocycles. The zero-order valence-electron chi connectivity index (χ0n) is 6.96. The molecule has 0 aromatic rings. The van der Waals surface area contributed by atoms with E-state index in [0.717, 1.165) is 11.5 Å². The first kappa shape index (κ1) is 8.46. The van der Waals surface area contributed by atoms with E-state index in [9.17, 15) is 0 Å². The molecule has 2 aliphatic rings. The van der Waals surface area contributed by atoms with Crippen molar-refractivity contribution < 1.29 is 0 Å². The van der Waals surface area contributed by atoms with Crippen molar-refractivity contribution in [1.82, 2.24) is 0 Å². The molecule has 0 N–H and O–H groups in total. The van der Waals surface area contributed by atoms with Crippen LogP contribution in [0.25, 0.3) is 0 Å². The molecule has 0 amide bonds. The van der Waals surface area contributed by atoms with Gasteiger partial charge in [-0.15, -0.1) is 11.8 Å². The van der Waals surface area contributed by atoms with E-state index in [1.807, 2.05) is 11.8 Å². The number of thioether (sulfide) groups is 1. The summed E-state index contributed by atoms with van der Waals surface area (Å²) in [5, 5.41) is 1.63. The summed E-state index contributed by atoms with van der Waals surface area (Å²) in [4.78, 5) is 1.36. The molecule has 0 aromatic carbocycles. The average Bonchev–Trinajstić information content (AvgIpc) is 2.44. The molecule has 0 fully saturated rings. The molecule has 0 bridgehead atoms. The maximum absolute atomic E-state index is 6.23. The van der Waals surface area contributed by atoms with Crippen LogP contribution in [0.4, 0.5) is 0 Å². The van der Waals surface area contributed by atoms with Gasteiger partial charge < -0.3 is 0 Å². The van der Waals surface area contributed by atoms with Gasteiger partial charge in [-0.1, -0.05) is 42.8 Å². The molecule has 0 spiro atoms. The summed E-state index contributed by atoms with van der Waals surface area (Å²) in [7, 11) is 0. The molecule has 2 unspecified atom stereocenters. The van der Waals surface area contributed by atoms with Crippen molar-refractivity contribution in [2.75, 3.05) is 0 Å². The highest BCUT2D eigenvalue weighted by atomic mass is 35.5. The Bertz CT molecular complexity index is 276. The van der Waals surface area contributed by atoms with Crippen molar-refractivity contribution >= 4 is 23.4 Å². The van der Waals surface area contributed by atoms with Crippen LogP contribution in [0.5, 0.6) is 0 Å².